The Morgan fingerprint density at radius 1 is 1.44 bits per heavy atom. The summed E-state index contributed by atoms with van der Waals surface area (Å²) in [4.78, 5) is 0. The zero-order valence-corrected chi connectivity index (χ0v) is 12.7. The number of benzene rings is 1. The first-order chi connectivity index (χ1) is 8.63. The molecule has 0 aliphatic carbocycles. The van der Waals surface area contributed by atoms with Gasteiger partial charge >= 0.3 is 0 Å². The van der Waals surface area contributed by atoms with Crippen LogP contribution in [0.4, 0.5) is 0 Å². The van der Waals surface area contributed by atoms with Gasteiger partial charge in [0.15, 0.2) is 0 Å². The van der Waals surface area contributed by atoms with Gasteiger partial charge in [-0.25, -0.2) is 0 Å². The van der Waals surface area contributed by atoms with E-state index in [0.717, 1.165) is 29.7 Å². The fourth-order valence-corrected chi connectivity index (χ4v) is 1.91. The Kier molecular flexibility index (Phi) is 7.32. The maximum absolute atomic E-state index is 9.17. The molecular weight excluding hydrogens is 294 g/mol. The van der Waals surface area contributed by atoms with Crippen LogP contribution in [0.15, 0.2) is 22.7 Å². The van der Waals surface area contributed by atoms with E-state index in [1.165, 1.54) is 5.56 Å². The summed E-state index contributed by atoms with van der Waals surface area (Å²) in [5.41, 5.74) is 1.19. The number of rotatable bonds is 8. The monoisotopic (exact) mass is 315 g/mol. The van der Waals surface area contributed by atoms with Gasteiger partial charge in [-0.3, -0.25) is 0 Å². The molecule has 0 aliphatic heterocycles. The van der Waals surface area contributed by atoms with Crippen LogP contribution < -0.4 is 10.1 Å². The van der Waals surface area contributed by atoms with Crippen LogP contribution in [0.3, 0.4) is 0 Å². The van der Waals surface area contributed by atoms with Gasteiger partial charge in [0, 0.05) is 17.4 Å². The molecule has 3 nitrogen and oxygen atoms in total. The molecule has 4 heteroatoms. The second-order valence-electron chi connectivity index (χ2n) is 4.42. The Bertz CT molecular complexity index is 356. The SMILES string of the molecule is CCCNCc1cc(OCCC(C)O)ccc1Br. The van der Waals surface area contributed by atoms with Crippen LogP contribution in [0.2, 0.25) is 0 Å². The van der Waals surface area contributed by atoms with Gasteiger partial charge in [0.1, 0.15) is 5.75 Å². The van der Waals surface area contributed by atoms with Gasteiger partial charge in [-0.2, -0.15) is 0 Å². The molecule has 0 saturated heterocycles. The van der Waals surface area contributed by atoms with E-state index in [9.17, 15) is 5.11 Å². The highest BCUT2D eigenvalue weighted by atomic mass is 79.9. The van der Waals surface area contributed by atoms with Crippen molar-refractivity contribution >= 4 is 15.9 Å². The standard InChI is InChI=1S/C14H22BrNO2/c1-3-7-16-10-12-9-13(4-5-14(12)15)18-8-6-11(2)17/h4-5,9,11,16-17H,3,6-8,10H2,1-2H3. The molecule has 102 valence electrons. The average molecular weight is 316 g/mol. The van der Waals surface area contributed by atoms with Crippen LogP contribution in [-0.2, 0) is 6.54 Å². The van der Waals surface area contributed by atoms with Gasteiger partial charge in [0.2, 0.25) is 0 Å². The largest absolute Gasteiger partial charge is 0.493 e. The summed E-state index contributed by atoms with van der Waals surface area (Å²) in [6, 6.07) is 5.98. The van der Waals surface area contributed by atoms with Gasteiger partial charge in [-0.1, -0.05) is 22.9 Å². The molecule has 1 rings (SSSR count). The third kappa shape index (κ3) is 5.85. The van der Waals surface area contributed by atoms with Crippen LogP contribution in [0.5, 0.6) is 5.75 Å². The molecule has 0 saturated carbocycles. The minimum Gasteiger partial charge on any atom is -0.493 e. The molecule has 0 fully saturated rings. The fraction of sp³-hybridized carbons (Fsp3) is 0.571. The van der Waals surface area contributed by atoms with Crippen molar-refractivity contribution in [3.8, 4) is 5.75 Å². The Labute approximate surface area is 118 Å². The molecule has 0 aromatic heterocycles. The van der Waals surface area contributed by atoms with Gasteiger partial charge in [-0.05, 0) is 43.7 Å². The lowest BCUT2D eigenvalue weighted by molar-refractivity contribution is 0.155. The van der Waals surface area contributed by atoms with E-state index in [2.05, 4.69) is 28.2 Å². The summed E-state index contributed by atoms with van der Waals surface area (Å²) in [7, 11) is 0. The van der Waals surface area contributed by atoms with E-state index in [-0.39, 0.29) is 6.10 Å². The molecule has 1 atom stereocenters. The molecule has 18 heavy (non-hydrogen) atoms. The number of halogens is 1. The zero-order chi connectivity index (χ0) is 13.4. The van der Waals surface area contributed by atoms with E-state index in [0.29, 0.717) is 13.0 Å². The van der Waals surface area contributed by atoms with Crippen LogP contribution in [0.25, 0.3) is 0 Å². The highest BCUT2D eigenvalue weighted by Gasteiger charge is 2.03. The minimum atomic E-state index is -0.314. The molecule has 0 heterocycles. The van der Waals surface area contributed by atoms with Crippen molar-refractivity contribution in [2.24, 2.45) is 0 Å². The second-order valence-corrected chi connectivity index (χ2v) is 5.27. The Balaban J connectivity index is 2.51. The third-order valence-electron chi connectivity index (χ3n) is 2.56. The van der Waals surface area contributed by atoms with Crippen LogP contribution in [-0.4, -0.2) is 24.4 Å². The normalized spacial score (nSPS) is 12.4. The van der Waals surface area contributed by atoms with Gasteiger partial charge < -0.3 is 15.2 Å². The summed E-state index contributed by atoms with van der Waals surface area (Å²) in [6.45, 7) is 6.31. The predicted molar refractivity (Wildman–Crippen MR) is 77.9 cm³/mol. The van der Waals surface area contributed by atoms with Crippen molar-refractivity contribution in [2.75, 3.05) is 13.2 Å². The summed E-state index contributed by atoms with van der Waals surface area (Å²) >= 11 is 3.54. The maximum atomic E-state index is 9.17. The molecule has 1 aromatic carbocycles. The molecule has 0 bridgehead atoms. The van der Waals surface area contributed by atoms with Gasteiger partial charge in [0.05, 0.1) is 12.7 Å². The molecule has 1 aromatic rings. The Morgan fingerprint density at radius 2 is 2.22 bits per heavy atom. The van der Waals surface area contributed by atoms with Crippen molar-refractivity contribution in [3.05, 3.63) is 28.2 Å². The molecule has 0 spiro atoms. The Morgan fingerprint density at radius 3 is 2.89 bits per heavy atom. The van der Waals surface area contributed by atoms with Crippen LogP contribution in [0.1, 0.15) is 32.3 Å². The smallest absolute Gasteiger partial charge is 0.119 e. The number of hydrogen-bond acceptors (Lipinski definition) is 3. The quantitative estimate of drug-likeness (QED) is 0.724. The first-order valence-electron chi connectivity index (χ1n) is 6.43. The first-order valence-corrected chi connectivity index (χ1v) is 7.22. The highest BCUT2D eigenvalue weighted by Crippen LogP contribution is 2.22. The van der Waals surface area contributed by atoms with Crippen molar-refractivity contribution in [3.63, 3.8) is 0 Å². The Hall–Kier alpha value is -0.580. The molecular formula is C14H22BrNO2. The predicted octanol–water partition coefficient (Wildman–Crippen LogP) is 3.10. The lowest BCUT2D eigenvalue weighted by atomic mass is 10.2. The maximum Gasteiger partial charge on any atom is 0.119 e. The average Bonchev–Trinajstić information content (AvgIpc) is 2.33. The van der Waals surface area contributed by atoms with E-state index in [4.69, 9.17) is 4.74 Å². The number of ether oxygens (including phenoxy) is 1. The van der Waals surface area contributed by atoms with Crippen molar-refractivity contribution in [2.45, 2.75) is 39.3 Å². The molecule has 0 amide bonds. The fourth-order valence-electron chi connectivity index (χ4n) is 1.52. The van der Waals surface area contributed by atoms with E-state index >= 15 is 0 Å². The van der Waals surface area contributed by atoms with Crippen molar-refractivity contribution < 1.29 is 9.84 Å². The summed E-state index contributed by atoms with van der Waals surface area (Å²) in [5, 5.41) is 12.5. The van der Waals surface area contributed by atoms with Gasteiger partial charge in [-0.15, -0.1) is 0 Å². The molecule has 0 radical (unpaired) electrons. The van der Waals surface area contributed by atoms with E-state index in [1.54, 1.807) is 6.92 Å². The first kappa shape index (κ1) is 15.5. The number of hydrogen-bond donors (Lipinski definition) is 2. The summed E-state index contributed by atoms with van der Waals surface area (Å²) in [6.07, 6.45) is 1.47. The second kappa shape index (κ2) is 8.51. The lowest BCUT2D eigenvalue weighted by Gasteiger charge is -2.11. The lowest BCUT2D eigenvalue weighted by Crippen LogP contribution is -2.14. The van der Waals surface area contributed by atoms with E-state index < -0.39 is 0 Å². The zero-order valence-electron chi connectivity index (χ0n) is 11.1. The van der Waals surface area contributed by atoms with Crippen LogP contribution >= 0.6 is 15.9 Å². The molecule has 1 unspecified atom stereocenters. The summed E-state index contributed by atoms with van der Waals surface area (Å²) < 4.78 is 6.70. The summed E-state index contributed by atoms with van der Waals surface area (Å²) in [5.74, 6) is 0.854. The third-order valence-corrected chi connectivity index (χ3v) is 3.34. The highest BCUT2D eigenvalue weighted by molar-refractivity contribution is 9.10. The number of nitrogens with one attached hydrogen (secondary N) is 1. The van der Waals surface area contributed by atoms with Crippen molar-refractivity contribution in [1.29, 1.82) is 0 Å². The van der Waals surface area contributed by atoms with E-state index in [1.807, 2.05) is 18.2 Å². The molecule has 2 N–H and O–H groups in total. The molecule has 0 aliphatic rings. The topological polar surface area (TPSA) is 41.5 Å². The van der Waals surface area contributed by atoms with Gasteiger partial charge in [0.25, 0.3) is 0 Å². The minimum absolute atomic E-state index is 0.314. The van der Waals surface area contributed by atoms with Crippen LogP contribution in [0, 0.1) is 0 Å². The number of aliphatic hydroxyl groups excluding tert-OH is 1. The number of aliphatic hydroxyl groups is 1. The van der Waals surface area contributed by atoms with Crippen molar-refractivity contribution in [1.82, 2.24) is 5.32 Å².